The average molecular weight is 532 g/mol. The summed E-state index contributed by atoms with van der Waals surface area (Å²) in [6, 6.07) is 12.4. The Balaban J connectivity index is 1.46. The van der Waals surface area contributed by atoms with Crippen LogP contribution in [-0.4, -0.2) is 80.4 Å². The zero-order valence-electron chi connectivity index (χ0n) is 23.5. The molecule has 3 aromatic rings. The van der Waals surface area contributed by atoms with E-state index in [1.807, 2.05) is 23.1 Å². The molecule has 0 unspecified atom stereocenters. The Kier molecular flexibility index (Phi) is 7.64. The zero-order valence-corrected chi connectivity index (χ0v) is 23.5. The number of nitrogens with one attached hydrogen (secondary N) is 1. The van der Waals surface area contributed by atoms with Crippen LogP contribution < -0.4 is 0 Å². The molecule has 2 fully saturated rings. The Bertz CT molecular complexity index is 1290. The number of amides is 1. The number of aromatic nitrogens is 3. The van der Waals surface area contributed by atoms with Crippen LogP contribution >= 0.6 is 0 Å². The number of β-amino-alcohol motifs (C(OH)–C–C–N with tert-alkyl or cyclic N) is 1. The smallest absolute Gasteiger partial charge is 0.219 e. The fourth-order valence-electron chi connectivity index (χ4n) is 6.42. The van der Waals surface area contributed by atoms with E-state index in [1.54, 1.807) is 19.3 Å². The molecule has 0 radical (unpaired) electrons. The first kappa shape index (κ1) is 27.5. The van der Waals surface area contributed by atoms with Crippen LogP contribution in [0.4, 0.5) is 0 Å². The minimum atomic E-state index is -1.27. The Labute approximate surface area is 231 Å². The van der Waals surface area contributed by atoms with Crippen molar-refractivity contribution in [2.45, 2.75) is 58.0 Å². The van der Waals surface area contributed by atoms with Gasteiger partial charge in [0.25, 0.3) is 0 Å². The average Bonchev–Trinajstić information content (AvgIpc) is 3.42. The number of rotatable bonds is 8. The number of carbonyl (C=O) groups is 1. The van der Waals surface area contributed by atoms with Crippen molar-refractivity contribution < 1.29 is 15.0 Å². The lowest BCUT2D eigenvalue weighted by atomic mass is 9.62. The first-order chi connectivity index (χ1) is 18.6. The van der Waals surface area contributed by atoms with Crippen molar-refractivity contribution >= 4 is 5.91 Å². The van der Waals surface area contributed by atoms with E-state index in [0.717, 1.165) is 54.0 Å². The van der Waals surface area contributed by atoms with E-state index in [9.17, 15) is 15.0 Å². The third-order valence-electron chi connectivity index (χ3n) is 8.86. The maximum atomic E-state index is 12.6. The largest absolute Gasteiger partial charge is 0.395 e. The van der Waals surface area contributed by atoms with Gasteiger partial charge < -0.3 is 15.1 Å². The van der Waals surface area contributed by atoms with Crippen LogP contribution in [0, 0.1) is 5.41 Å². The van der Waals surface area contributed by atoms with E-state index in [2.05, 4.69) is 59.1 Å². The number of nitrogens with zero attached hydrogens (tertiary/aromatic N) is 4. The lowest BCUT2D eigenvalue weighted by Crippen LogP contribution is -2.65. The molecule has 2 aliphatic heterocycles. The molecule has 4 heterocycles. The van der Waals surface area contributed by atoms with E-state index < -0.39 is 11.0 Å². The molecule has 208 valence electrons. The van der Waals surface area contributed by atoms with E-state index >= 15 is 0 Å². The molecule has 8 nitrogen and oxygen atoms in total. The number of aliphatic hydroxyl groups excluding tert-OH is 1. The summed E-state index contributed by atoms with van der Waals surface area (Å²) in [4.78, 5) is 20.3. The maximum Gasteiger partial charge on any atom is 0.219 e. The summed E-state index contributed by atoms with van der Waals surface area (Å²) in [5, 5.41) is 29.9. The van der Waals surface area contributed by atoms with E-state index in [4.69, 9.17) is 0 Å². The molecule has 8 heteroatoms. The summed E-state index contributed by atoms with van der Waals surface area (Å²) in [7, 11) is 0. The number of piperidine rings is 1. The summed E-state index contributed by atoms with van der Waals surface area (Å²) in [6.07, 6.45) is 5.39. The third-order valence-corrected chi connectivity index (χ3v) is 8.86. The molecule has 2 saturated heterocycles. The second-order valence-corrected chi connectivity index (χ2v) is 11.9. The minimum absolute atomic E-state index is 0.101. The summed E-state index contributed by atoms with van der Waals surface area (Å²) in [5.74, 6) is 0.869. The third kappa shape index (κ3) is 5.13. The van der Waals surface area contributed by atoms with Crippen molar-refractivity contribution in [3.8, 4) is 11.3 Å². The highest BCUT2D eigenvalue weighted by Crippen LogP contribution is 2.51. The van der Waals surface area contributed by atoms with Gasteiger partial charge in [-0.25, -0.2) is 0 Å². The van der Waals surface area contributed by atoms with Crippen molar-refractivity contribution in [3.05, 3.63) is 71.2 Å². The van der Waals surface area contributed by atoms with Gasteiger partial charge in [-0.2, -0.15) is 5.10 Å². The van der Waals surface area contributed by atoms with Crippen LogP contribution in [0.5, 0.6) is 0 Å². The first-order valence-electron chi connectivity index (χ1n) is 14.1. The Morgan fingerprint density at radius 2 is 1.82 bits per heavy atom. The van der Waals surface area contributed by atoms with Crippen LogP contribution in [0.2, 0.25) is 0 Å². The molecule has 3 N–H and O–H groups in total. The highest BCUT2D eigenvalue weighted by Gasteiger charge is 2.56. The molecule has 0 spiro atoms. The lowest BCUT2D eigenvalue weighted by Gasteiger charge is -2.56. The van der Waals surface area contributed by atoms with Gasteiger partial charge in [0.05, 0.1) is 12.3 Å². The molecule has 0 bridgehead atoms. The fourth-order valence-corrected chi connectivity index (χ4v) is 6.42. The molecule has 39 heavy (non-hydrogen) atoms. The number of likely N-dealkylation sites (tertiary alicyclic amines) is 2. The standard InChI is InChI=1S/C31H41N5O3/c1-21(2)23-5-7-26(8-6-23)31(39,30(4)19-35(20-30)13-14-37)27-15-25(17-32-18-27)29-16-28(33-34-29)24-9-11-36(12-10-24)22(3)38/h5-8,15-18,21,24,37,39H,9-14,19-20H2,1-4H3,(H,33,34)/t31-/m0/s1. The van der Waals surface area contributed by atoms with Gasteiger partial charge in [0.2, 0.25) is 5.91 Å². The predicted octanol–water partition coefficient (Wildman–Crippen LogP) is 3.87. The van der Waals surface area contributed by atoms with Gasteiger partial charge in [0.1, 0.15) is 5.60 Å². The van der Waals surface area contributed by atoms with E-state index in [-0.39, 0.29) is 12.5 Å². The first-order valence-corrected chi connectivity index (χ1v) is 14.1. The minimum Gasteiger partial charge on any atom is -0.395 e. The quantitative estimate of drug-likeness (QED) is 0.408. The summed E-state index contributed by atoms with van der Waals surface area (Å²) >= 11 is 0. The predicted molar refractivity (Wildman–Crippen MR) is 151 cm³/mol. The maximum absolute atomic E-state index is 12.6. The molecule has 2 aromatic heterocycles. The molecule has 0 saturated carbocycles. The number of H-pyrrole nitrogens is 1. The van der Waals surface area contributed by atoms with Gasteiger partial charge >= 0.3 is 0 Å². The molecule has 1 amide bonds. The number of benzene rings is 1. The van der Waals surface area contributed by atoms with Crippen LogP contribution in [0.15, 0.2) is 48.8 Å². The lowest BCUT2D eigenvalue weighted by molar-refractivity contribution is -0.137. The Morgan fingerprint density at radius 3 is 2.44 bits per heavy atom. The van der Waals surface area contributed by atoms with Crippen molar-refractivity contribution in [3.63, 3.8) is 0 Å². The van der Waals surface area contributed by atoms with Gasteiger partial charge in [-0.1, -0.05) is 45.0 Å². The van der Waals surface area contributed by atoms with Gasteiger partial charge in [-0.05, 0) is 42.0 Å². The molecule has 5 rings (SSSR count). The Hall–Kier alpha value is -3.07. The highest BCUT2D eigenvalue weighted by molar-refractivity contribution is 5.73. The SMILES string of the molecule is CC(=O)N1CCC(c2cc(-c3cncc([C@@](O)(c4ccc(C(C)C)cc4)C4(C)CN(CCO)C4)c3)n[nH]2)CC1. The van der Waals surface area contributed by atoms with Gasteiger partial charge in [-0.15, -0.1) is 0 Å². The Morgan fingerprint density at radius 1 is 1.13 bits per heavy atom. The van der Waals surface area contributed by atoms with Crippen molar-refractivity contribution in [1.82, 2.24) is 25.0 Å². The topological polar surface area (TPSA) is 106 Å². The molecular formula is C31H41N5O3. The second kappa shape index (κ2) is 10.8. The van der Waals surface area contributed by atoms with Crippen LogP contribution in [-0.2, 0) is 10.4 Å². The van der Waals surface area contributed by atoms with E-state index in [1.165, 1.54) is 5.56 Å². The van der Waals surface area contributed by atoms with Gasteiger partial charge in [0, 0.05) is 80.2 Å². The van der Waals surface area contributed by atoms with E-state index in [0.29, 0.717) is 31.5 Å². The molecule has 0 aliphatic carbocycles. The number of aliphatic hydroxyl groups is 2. The number of aromatic amines is 1. The zero-order chi connectivity index (χ0) is 27.8. The van der Waals surface area contributed by atoms with Crippen molar-refractivity contribution in [2.75, 3.05) is 39.3 Å². The van der Waals surface area contributed by atoms with Gasteiger partial charge in [0.15, 0.2) is 0 Å². The molecular weight excluding hydrogens is 490 g/mol. The molecule has 1 aromatic carbocycles. The van der Waals surface area contributed by atoms with Crippen molar-refractivity contribution in [2.24, 2.45) is 5.41 Å². The van der Waals surface area contributed by atoms with Crippen LogP contribution in [0.3, 0.4) is 0 Å². The summed E-state index contributed by atoms with van der Waals surface area (Å²) in [5.41, 5.74) is 3.81. The van der Waals surface area contributed by atoms with Gasteiger partial charge in [-0.3, -0.25) is 19.8 Å². The number of pyridine rings is 1. The number of carbonyl (C=O) groups excluding carboxylic acids is 1. The fraction of sp³-hybridized carbons (Fsp3) is 0.516. The monoisotopic (exact) mass is 531 g/mol. The van der Waals surface area contributed by atoms with Crippen LogP contribution in [0.1, 0.15) is 74.8 Å². The second-order valence-electron chi connectivity index (χ2n) is 11.9. The number of hydrogen-bond acceptors (Lipinski definition) is 6. The normalized spacial score (nSPS) is 19.6. The van der Waals surface area contributed by atoms with Crippen molar-refractivity contribution in [1.29, 1.82) is 0 Å². The van der Waals surface area contributed by atoms with Crippen LogP contribution in [0.25, 0.3) is 11.3 Å². The molecule has 2 aliphatic rings. The summed E-state index contributed by atoms with van der Waals surface area (Å²) < 4.78 is 0. The molecule has 1 atom stereocenters. The summed E-state index contributed by atoms with van der Waals surface area (Å²) in [6.45, 7) is 11.6. The number of hydrogen-bond donors (Lipinski definition) is 3. The highest BCUT2D eigenvalue weighted by atomic mass is 16.3.